The van der Waals surface area contributed by atoms with Gasteiger partial charge in [0.25, 0.3) is 0 Å². The highest BCUT2D eigenvalue weighted by Crippen LogP contribution is 2.18. The molecule has 0 N–H and O–H groups in total. The quantitative estimate of drug-likeness (QED) is 0.283. The van der Waals surface area contributed by atoms with Crippen LogP contribution in [0.1, 0.15) is 46.0 Å². The van der Waals surface area contributed by atoms with Crippen molar-refractivity contribution in [3.8, 4) is 0 Å². The summed E-state index contributed by atoms with van der Waals surface area (Å²) < 4.78 is 11.9. The molecule has 0 aliphatic rings. The first kappa shape index (κ1) is 16.4. The van der Waals surface area contributed by atoms with Crippen molar-refractivity contribution in [1.82, 2.24) is 0 Å². The van der Waals surface area contributed by atoms with Crippen molar-refractivity contribution < 1.29 is 9.47 Å². The molecule has 92 valence electrons. The second kappa shape index (κ2) is 11.9. The molecule has 2 unspecified atom stereocenters. The standard InChI is InChI=1S/C11H22I2O2/c1-3-5-7-14-10(12)9-11(13)15-8-6-4-2/h10-11H,3-9H2,1-2H3. The second-order valence-electron chi connectivity index (χ2n) is 3.50. The Balaban J connectivity index is 3.35. The topological polar surface area (TPSA) is 18.5 Å². The van der Waals surface area contributed by atoms with Crippen LogP contribution in [0.25, 0.3) is 0 Å². The van der Waals surface area contributed by atoms with E-state index in [-0.39, 0.29) is 8.22 Å². The van der Waals surface area contributed by atoms with Gasteiger partial charge in [-0.1, -0.05) is 71.9 Å². The highest BCUT2D eigenvalue weighted by molar-refractivity contribution is 14.1. The Kier molecular flexibility index (Phi) is 12.9. The Hall–Kier alpha value is 1.38. The summed E-state index contributed by atoms with van der Waals surface area (Å²) in [4.78, 5) is 0. The van der Waals surface area contributed by atoms with Crippen molar-refractivity contribution in [2.24, 2.45) is 0 Å². The summed E-state index contributed by atoms with van der Waals surface area (Å²) >= 11 is 4.70. The average molecular weight is 440 g/mol. The molecule has 0 radical (unpaired) electrons. The monoisotopic (exact) mass is 440 g/mol. The number of hydrogen-bond donors (Lipinski definition) is 0. The van der Waals surface area contributed by atoms with Gasteiger partial charge in [-0.05, 0) is 12.8 Å². The number of alkyl halides is 2. The zero-order valence-corrected chi connectivity index (χ0v) is 14.0. The first-order chi connectivity index (χ1) is 7.20. The van der Waals surface area contributed by atoms with E-state index < -0.39 is 0 Å². The van der Waals surface area contributed by atoms with Gasteiger partial charge in [-0.25, -0.2) is 0 Å². The smallest absolute Gasteiger partial charge is 0.112 e. The maximum absolute atomic E-state index is 5.66. The summed E-state index contributed by atoms with van der Waals surface area (Å²) in [6.45, 7) is 6.12. The molecule has 0 amide bonds. The van der Waals surface area contributed by atoms with Crippen LogP contribution in [0, 0.1) is 0 Å². The molecular weight excluding hydrogens is 418 g/mol. The molecule has 2 atom stereocenters. The van der Waals surface area contributed by atoms with Gasteiger partial charge in [0.15, 0.2) is 0 Å². The fraction of sp³-hybridized carbons (Fsp3) is 1.00. The first-order valence-corrected chi connectivity index (χ1v) is 8.21. The lowest BCUT2D eigenvalue weighted by atomic mass is 10.3. The minimum Gasteiger partial charge on any atom is -0.368 e. The van der Waals surface area contributed by atoms with Crippen molar-refractivity contribution in [2.45, 2.75) is 54.2 Å². The Bertz CT molecular complexity index is 120. The van der Waals surface area contributed by atoms with Gasteiger partial charge in [0.2, 0.25) is 0 Å². The fourth-order valence-electron chi connectivity index (χ4n) is 0.993. The number of rotatable bonds is 10. The number of unbranched alkanes of at least 4 members (excludes halogenated alkanes) is 2. The van der Waals surface area contributed by atoms with Crippen LogP contribution in [0.3, 0.4) is 0 Å². The van der Waals surface area contributed by atoms with Gasteiger partial charge >= 0.3 is 0 Å². The molecule has 0 fully saturated rings. The molecule has 0 aromatic carbocycles. The predicted octanol–water partition coefficient (Wildman–Crippen LogP) is 4.53. The SMILES string of the molecule is CCCCOC(I)CC(I)OCCCC. The Morgan fingerprint density at radius 1 is 0.867 bits per heavy atom. The lowest BCUT2D eigenvalue weighted by molar-refractivity contribution is 0.0637. The van der Waals surface area contributed by atoms with E-state index in [0.717, 1.165) is 32.5 Å². The molecule has 2 nitrogen and oxygen atoms in total. The molecule has 0 rings (SSSR count). The molecule has 0 heterocycles. The molecule has 0 saturated heterocycles. The summed E-state index contributed by atoms with van der Waals surface area (Å²) in [5, 5.41) is 0. The zero-order chi connectivity index (χ0) is 11.5. The molecule has 0 aliphatic carbocycles. The maximum Gasteiger partial charge on any atom is 0.112 e. The minimum absolute atomic E-state index is 0.290. The van der Waals surface area contributed by atoms with Gasteiger partial charge in [-0.15, -0.1) is 0 Å². The predicted molar refractivity (Wildman–Crippen MR) is 82.0 cm³/mol. The molecule has 0 spiro atoms. The second-order valence-corrected chi connectivity index (χ2v) is 6.28. The van der Waals surface area contributed by atoms with E-state index in [0.29, 0.717) is 0 Å². The van der Waals surface area contributed by atoms with Crippen molar-refractivity contribution in [1.29, 1.82) is 0 Å². The number of halogens is 2. The maximum atomic E-state index is 5.66. The van der Waals surface area contributed by atoms with Crippen LogP contribution >= 0.6 is 45.2 Å². The van der Waals surface area contributed by atoms with Crippen molar-refractivity contribution >= 4 is 45.2 Å². The largest absolute Gasteiger partial charge is 0.368 e. The fourth-order valence-corrected chi connectivity index (χ4v) is 3.40. The average Bonchev–Trinajstić information content (AvgIpc) is 2.18. The Labute approximate surface area is 121 Å². The Morgan fingerprint density at radius 3 is 1.60 bits per heavy atom. The third-order valence-electron chi connectivity index (χ3n) is 1.96. The van der Waals surface area contributed by atoms with E-state index >= 15 is 0 Å². The van der Waals surface area contributed by atoms with Gasteiger partial charge in [0.05, 0.1) is 0 Å². The summed E-state index contributed by atoms with van der Waals surface area (Å²) in [7, 11) is 0. The summed E-state index contributed by atoms with van der Waals surface area (Å²) in [6.07, 6.45) is 5.69. The van der Waals surface area contributed by atoms with Gasteiger partial charge in [0, 0.05) is 19.6 Å². The molecule has 0 saturated carbocycles. The molecule has 0 aromatic rings. The van der Waals surface area contributed by atoms with Crippen molar-refractivity contribution in [3.63, 3.8) is 0 Å². The van der Waals surface area contributed by atoms with Crippen LogP contribution in [0.5, 0.6) is 0 Å². The van der Waals surface area contributed by atoms with E-state index in [1.54, 1.807) is 0 Å². The molecule has 0 bridgehead atoms. The van der Waals surface area contributed by atoms with E-state index in [4.69, 9.17) is 9.47 Å². The zero-order valence-electron chi connectivity index (χ0n) is 9.68. The van der Waals surface area contributed by atoms with E-state index in [2.05, 4.69) is 59.0 Å². The molecule has 0 aliphatic heterocycles. The Morgan fingerprint density at radius 2 is 1.27 bits per heavy atom. The lowest BCUT2D eigenvalue weighted by Gasteiger charge is -2.16. The van der Waals surface area contributed by atoms with Gasteiger partial charge in [-0.2, -0.15) is 0 Å². The molecule has 15 heavy (non-hydrogen) atoms. The number of ether oxygens (including phenoxy) is 2. The summed E-state index contributed by atoms with van der Waals surface area (Å²) in [6, 6.07) is 0. The number of hydrogen-bond acceptors (Lipinski definition) is 2. The van der Waals surface area contributed by atoms with Crippen LogP contribution in [-0.4, -0.2) is 21.4 Å². The van der Waals surface area contributed by atoms with E-state index in [1.807, 2.05) is 0 Å². The van der Waals surface area contributed by atoms with Crippen LogP contribution < -0.4 is 0 Å². The van der Waals surface area contributed by atoms with Crippen LogP contribution in [0.4, 0.5) is 0 Å². The third kappa shape index (κ3) is 11.6. The van der Waals surface area contributed by atoms with E-state index in [9.17, 15) is 0 Å². The van der Waals surface area contributed by atoms with Crippen LogP contribution in [0.2, 0.25) is 0 Å². The van der Waals surface area contributed by atoms with E-state index in [1.165, 1.54) is 12.8 Å². The summed E-state index contributed by atoms with van der Waals surface area (Å²) in [5.74, 6) is 0. The normalized spacial score (nSPS) is 15.2. The van der Waals surface area contributed by atoms with Crippen LogP contribution in [-0.2, 0) is 9.47 Å². The summed E-state index contributed by atoms with van der Waals surface area (Å²) in [5.41, 5.74) is 0. The minimum atomic E-state index is 0.290. The van der Waals surface area contributed by atoms with Crippen LogP contribution in [0.15, 0.2) is 0 Å². The van der Waals surface area contributed by atoms with Gasteiger partial charge < -0.3 is 9.47 Å². The highest BCUT2D eigenvalue weighted by atomic mass is 127. The van der Waals surface area contributed by atoms with Crippen molar-refractivity contribution in [3.05, 3.63) is 0 Å². The first-order valence-electron chi connectivity index (χ1n) is 5.72. The van der Waals surface area contributed by atoms with Crippen molar-refractivity contribution in [2.75, 3.05) is 13.2 Å². The lowest BCUT2D eigenvalue weighted by Crippen LogP contribution is -2.15. The van der Waals surface area contributed by atoms with Gasteiger partial charge in [0.1, 0.15) is 8.22 Å². The molecule has 0 aromatic heterocycles. The highest BCUT2D eigenvalue weighted by Gasteiger charge is 2.11. The van der Waals surface area contributed by atoms with Gasteiger partial charge in [-0.3, -0.25) is 0 Å². The molecule has 4 heteroatoms. The molecular formula is C11H22I2O2. The third-order valence-corrected chi connectivity index (χ3v) is 3.70.